The lowest BCUT2D eigenvalue weighted by Gasteiger charge is -1.92. The van der Waals surface area contributed by atoms with Crippen molar-refractivity contribution in [3.05, 3.63) is 35.9 Å². The minimum absolute atomic E-state index is 0.941. The van der Waals surface area contributed by atoms with E-state index in [1.807, 2.05) is 18.2 Å². The predicted molar refractivity (Wildman–Crippen MR) is 45.3 cm³/mol. The molecule has 0 aliphatic rings. The highest BCUT2D eigenvalue weighted by molar-refractivity contribution is 8.68. The van der Waals surface area contributed by atoms with Gasteiger partial charge in [-0.15, -0.1) is 0 Å². The van der Waals surface area contributed by atoms with Crippen LogP contribution in [0.15, 0.2) is 30.3 Å². The van der Waals surface area contributed by atoms with Gasteiger partial charge in [-0.2, -0.15) is 0 Å². The van der Waals surface area contributed by atoms with Gasteiger partial charge in [-0.05, 0) is 17.2 Å². The van der Waals surface area contributed by atoms with Crippen molar-refractivity contribution in [2.45, 2.75) is 5.75 Å². The first-order valence-corrected chi connectivity index (χ1v) is 4.63. The molecule has 0 aliphatic carbocycles. The van der Waals surface area contributed by atoms with Crippen molar-refractivity contribution in [1.29, 1.82) is 0 Å². The lowest BCUT2D eigenvalue weighted by molar-refractivity contribution is 1.43. The first kappa shape index (κ1) is 7.03. The van der Waals surface area contributed by atoms with Gasteiger partial charge in [0, 0.05) is 5.75 Å². The average Bonchev–Trinajstić information content (AvgIpc) is 1.91. The summed E-state index contributed by atoms with van der Waals surface area (Å²) in [5.41, 5.74) is 1.30. The van der Waals surface area contributed by atoms with Crippen LogP contribution < -0.4 is 0 Å². The molecule has 0 bridgehead atoms. The normalized spacial score (nSPS) is 9.44. The number of hydrogen-bond acceptors (Lipinski definition) is 1. The summed E-state index contributed by atoms with van der Waals surface area (Å²) >= 11 is 4.75. The minimum atomic E-state index is 0.941. The van der Waals surface area contributed by atoms with Crippen LogP contribution in [0.5, 0.6) is 0 Å². The molecule has 0 atom stereocenters. The van der Waals surface area contributed by atoms with Crippen LogP contribution >= 0.6 is 22.5 Å². The topological polar surface area (TPSA) is 0 Å². The lowest BCUT2D eigenvalue weighted by Crippen LogP contribution is -1.73. The van der Waals surface area contributed by atoms with Gasteiger partial charge in [0.05, 0.1) is 0 Å². The zero-order valence-electron chi connectivity index (χ0n) is 4.91. The monoisotopic (exact) mass is 155 g/mol. The second-order valence-corrected chi connectivity index (χ2v) is 2.98. The standard InChI is InChI=1S/C7H7S2/c8-9-6-7-4-2-1-3-5-7/h1-5H,6H2. The van der Waals surface area contributed by atoms with Crippen LogP contribution in [0, 0.1) is 0 Å². The van der Waals surface area contributed by atoms with Crippen LogP contribution in [0.4, 0.5) is 0 Å². The van der Waals surface area contributed by atoms with Crippen molar-refractivity contribution in [3.8, 4) is 0 Å². The lowest BCUT2D eigenvalue weighted by atomic mass is 10.2. The van der Waals surface area contributed by atoms with E-state index in [-0.39, 0.29) is 0 Å². The number of rotatable bonds is 2. The summed E-state index contributed by atoms with van der Waals surface area (Å²) in [6.45, 7) is 0. The summed E-state index contributed by atoms with van der Waals surface area (Å²) in [5.74, 6) is 0.941. The molecule has 1 radical (unpaired) electrons. The molecule has 0 N–H and O–H groups in total. The summed E-state index contributed by atoms with van der Waals surface area (Å²) < 4.78 is 0. The maximum atomic E-state index is 4.75. The Labute approximate surface area is 64.5 Å². The molecule has 1 aromatic rings. The first-order chi connectivity index (χ1) is 4.43. The summed E-state index contributed by atoms with van der Waals surface area (Å²) in [4.78, 5) is 0. The van der Waals surface area contributed by atoms with Gasteiger partial charge in [0.25, 0.3) is 0 Å². The Balaban J connectivity index is 2.61. The number of hydrogen-bond donors (Lipinski definition) is 0. The van der Waals surface area contributed by atoms with Gasteiger partial charge in [-0.3, -0.25) is 0 Å². The predicted octanol–water partition coefficient (Wildman–Crippen LogP) is 3.03. The van der Waals surface area contributed by atoms with Crippen molar-refractivity contribution in [3.63, 3.8) is 0 Å². The summed E-state index contributed by atoms with van der Waals surface area (Å²) in [7, 11) is 1.44. The third-order valence-electron chi connectivity index (χ3n) is 1.07. The van der Waals surface area contributed by atoms with Crippen molar-refractivity contribution in [2.24, 2.45) is 0 Å². The number of benzene rings is 1. The molecule has 0 saturated heterocycles. The molecule has 0 fully saturated rings. The maximum absolute atomic E-state index is 4.75. The van der Waals surface area contributed by atoms with E-state index < -0.39 is 0 Å². The molecule has 47 valence electrons. The fourth-order valence-corrected chi connectivity index (χ4v) is 1.38. The molecule has 0 aliphatic heterocycles. The molecule has 1 aromatic carbocycles. The van der Waals surface area contributed by atoms with Crippen LogP contribution in [-0.2, 0) is 5.75 Å². The van der Waals surface area contributed by atoms with E-state index in [2.05, 4.69) is 12.1 Å². The minimum Gasteiger partial charge on any atom is -0.0769 e. The molecule has 0 saturated carbocycles. The molecular formula is C7H7S2. The molecule has 0 spiro atoms. The highest BCUT2D eigenvalue weighted by atomic mass is 33.1. The molecule has 0 aromatic heterocycles. The summed E-state index contributed by atoms with van der Waals surface area (Å²) in [5, 5.41) is 0. The Hall–Kier alpha value is -0.0800. The molecule has 0 amide bonds. The zero-order valence-corrected chi connectivity index (χ0v) is 6.54. The van der Waals surface area contributed by atoms with E-state index in [1.165, 1.54) is 16.4 Å². The van der Waals surface area contributed by atoms with Crippen LogP contribution in [0.2, 0.25) is 0 Å². The second-order valence-electron chi connectivity index (χ2n) is 1.75. The van der Waals surface area contributed by atoms with Crippen molar-refractivity contribution in [1.82, 2.24) is 0 Å². The molecular weight excluding hydrogens is 148 g/mol. The van der Waals surface area contributed by atoms with Gasteiger partial charge in [0.2, 0.25) is 0 Å². The van der Waals surface area contributed by atoms with Crippen molar-refractivity contribution < 1.29 is 0 Å². The van der Waals surface area contributed by atoms with E-state index in [0.717, 1.165) is 5.75 Å². The maximum Gasteiger partial charge on any atom is 0.0297 e. The van der Waals surface area contributed by atoms with Crippen molar-refractivity contribution in [2.75, 3.05) is 0 Å². The van der Waals surface area contributed by atoms with Gasteiger partial charge in [0.1, 0.15) is 0 Å². The SMILES string of the molecule is [S]SCc1ccccc1. The van der Waals surface area contributed by atoms with Crippen LogP contribution in [0.1, 0.15) is 5.56 Å². The highest BCUT2D eigenvalue weighted by Gasteiger charge is 1.86. The van der Waals surface area contributed by atoms with Gasteiger partial charge in [-0.25, -0.2) is 0 Å². The highest BCUT2D eigenvalue weighted by Crippen LogP contribution is 2.13. The molecule has 2 heteroatoms. The molecule has 9 heavy (non-hydrogen) atoms. The second kappa shape index (κ2) is 3.85. The smallest absolute Gasteiger partial charge is 0.0297 e. The Morgan fingerprint density at radius 1 is 1.22 bits per heavy atom. The Morgan fingerprint density at radius 2 is 1.89 bits per heavy atom. The Kier molecular flexibility index (Phi) is 3.01. The zero-order chi connectivity index (χ0) is 6.53. The molecule has 0 heterocycles. The van der Waals surface area contributed by atoms with Crippen molar-refractivity contribution >= 4 is 22.5 Å². The van der Waals surface area contributed by atoms with Crippen LogP contribution in [-0.4, -0.2) is 0 Å². The quantitative estimate of drug-likeness (QED) is 0.591. The van der Waals surface area contributed by atoms with Crippen LogP contribution in [0.3, 0.4) is 0 Å². The van der Waals surface area contributed by atoms with Gasteiger partial charge in [-0.1, -0.05) is 41.1 Å². The van der Waals surface area contributed by atoms with E-state index in [1.54, 1.807) is 0 Å². The van der Waals surface area contributed by atoms with Gasteiger partial charge in [0.15, 0.2) is 0 Å². The average molecular weight is 155 g/mol. The third kappa shape index (κ3) is 2.33. The fourth-order valence-electron chi connectivity index (χ4n) is 0.642. The Bertz CT molecular complexity index is 160. The van der Waals surface area contributed by atoms with Gasteiger partial charge >= 0.3 is 0 Å². The van der Waals surface area contributed by atoms with E-state index >= 15 is 0 Å². The summed E-state index contributed by atoms with van der Waals surface area (Å²) in [6, 6.07) is 10.2. The first-order valence-electron chi connectivity index (χ1n) is 2.72. The van der Waals surface area contributed by atoms with Crippen LogP contribution in [0.25, 0.3) is 0 Å². The van der Waals surface area contributed by atoms with E-state index in [9.17, 15) is 0 Å². The molecule has 0 unspecified atom stereocenters. The molecule has 1 rings (SSSR count). The van der Waals surface area contributed by atoms with E-state index in [4.69, 9.17) is 11.7 Å². The summed E-state index contributed by atoms with van der Waals surface area (Å²) in [6.07, 6.45) is 0. The Morgan fingerprint density at radius 3 is 2.44 bits per heavy atom. The van der Waals surface area contributed by atoms with E-state index in [0.29, 0.717) is 0 Å². The fraction of sp³-hybridized carbons (Fsp3) is 0.143. The third-order valence-corrected chi connectivity index (χ3v) is 1.87. The largest absolute Gasteiger partial charge is 0.0769 e. The molecule has 0 nitrogen and oxygen atoms in total. The van der Waals surface area contributed by atoms with Gasteiger partial charge < -0.3 is 0 Å².